The van der Waals surface area contributed by atoms with E-state index >= 15 is 0 Å². The number of rotatable bonds is 0. The summed E-state index contributed by atoms with van der Waals surface area (Å²) in [6.45, 7) is 0. The van der Waals surface area contributed by atoms with Gasteiger partial charge in [-0.1, -0.05) is 65.7 Å². The molecule has 0 aromatic heterocycles. The van der Waals surface area contributed by atoms with Crippen LogP contribution in [0.5, 0.6) is 0 Å². The van der Waals surface area contributed by atoms with Gasteiger partial charge in [-0.3, -0.25) is 0 Å². The minimum Gasteiger partial charge on any atom is -0.0877 e. The third-order valence-corrected chi connectivity index (χ3v) is 5.90. The van der Waals surface area contributed by atoms with Crippen LogP contribution in [0, 0.1) is 11.8 Å². The number of hydrogen-bond donors (Lipinski definition) is 0. The van der Waals surface area contributed by atoms with Crippen molar-refractivity contribution in [1.82, 2.24) is 0 Å². The molecule has 0 saturated carbocycles. The molecule has 0 fully saturated rings. The zero-order valence-corrected chi connectivity index (χ0v) is 13.4. The van der Waals surface area contributed by atoms with Crippen molar-refractivity contribution in [1.29, 1.82) is 0 Å². The highest BCUT2D eigenvalue weighted by molar-refractivity contribution is 8.05. The molecular formula is C20H12S2. The summed E-state index contributed by atoms with van der Waals surface area (Å²) >= 11 is 3.67. The standard InChI is InChI=1S/C20H12S2/c1-2-6-15(7-3-1)10-11-16-12-13-19-20(14-16)22-18-9-5-4-8-17(18)21-19/h1-9,12-14H. The normalized spacial score (nSPS) is 11.8. The molecule has 2 heteroatoms. The molecule has 3 aromatic carbocycles. The van der Waals surface area contributed by atoms with Crippen LogP contribution in [0.2, 0.25) is 0 Å². The summed E-state index contributed by atoms with van der Waals surface area (Å²) in [7, 11) is 0. The van der Waals surface area contributed by atoms with Gasteiger partial charge in [0.15, 0.2) is 0 Å². The minimum atomic E-state index is 1.05. The van der Waals surface area contributed by atoms with Crippen LogP contribution in [0.3, 0.4) is 0 Å². The highest BCUT2D eigenvalue weighted by Gasteiger charge is 2.16. The Morgan fingerprint density at radius 3 is 1.86 bits per heavy atom. The van der Waals surface area contributed by atoms with Gasteiger partial charge in [-0.15, -0.1) is 0 Å². The van der Waals surface area contributed by atoms with Gasteiger partial charge in [0.05, 0.1) is 0 Å². The average Bonchev–Trinajstić information content (AvgIpc) is 2.59. The first kappa shape index (κ1) is 13.6. The molecule has 0 amide bonds. The van der Waals surface area contributed by atoms with Crippen molar-refractivity contribution in [3.63, 3.8) is 0 Å². The molecule has 0 N–H and O–H groups in total. The van der Waals surface area contributed by atoms with Crippen LogP contribution in [0.1, 0.15) is 11.1 Å². The van der Waals surface area contributed by atoms with Crippen molar-refractivity contribution < 1.29 is 0 Å². The molecule has 0 nitrogen and oxygen atoms in total. The Morgan fingerprint density at radius 2 is 1.09 bits per heavy atom. The summed E-state index contributed by atoms with van der Waals surface area (Å²) in [6, 6.07) is 25.1. The fourth-order valence-electron chi connectivity index (χ4n) is 2.27. The molecule has 0 atom stereocenters. The third kappa shape index (κ3) is 2.78. The first-order valence-electron chi connectivity index (χ1n) is 7.04. The zero-order valence-electron chi connectivity index (χ0n) is 11.7. The molecule has 0 unspecified atom stereocenters. The average molecular weight is 316 g/mol. The molecule has 0 aliphatic carbocycles. The SMILES string of the molecule is C(#Cc1ccc2c(c1)Sc1ccccc1S2)c1ccccc1. The van der Waals surface area contributed by atoms with E-state index in [0.717, 1.165) is 11.1 Å². The van der Waals surface area contributed by atoms with Crippen molar-refractivity contribution in [2.45, 2.75) is 19.6 Å². The Morgan fingerprint density at radius 1 is 0.500 bits per heavy atom. The van der Waals surface area contributed by atoms with Crippen molar-refractivity contribution in [2.24, 2.45) is 0 Å². The van der Waals surface area contributed by atoms with Gasteiger partial charge in [-0.05, 0) is 42.5 Å². The largest absolute Gasteiger partial charge is 0.0877 e. The van der Waals surface area contributed by atoms with Crippen molar-refractivity contribution in [3.8, 4) is 11.8 Å². The maximum Gasteiger partial charge on any atom is 0.0274 e. The predicted molar refractivity (Wildman–Crippen MR) is 93.6 cm³/mol. The van der Waals surface area contributed by atoms with Gasteiger partial charge >= 0.3 is 0 Å². The van der Waals surface area contributed by atoms with E-state index in [-0.39, 0.29) is 0 Å². The quantitative estimate of drug-likeness (QED) is 0.382. The number of benzene rings is 3. The molecular weight excluding hydrogens is 304 g/mol. The summed E-state index contributed by atoms with van der Waals surface area (Å²) in [4.78, 5) is 5.27. The van der Waals surface area contributed by atoms with Gasteiger partial charge in [0.1, 0.15) is 0 Å². The molecule has 3 aromatic rings. The second kappa shape index (κ2) is 5.96. The van der Waals surface area contributed by atoms with E-state index in [1.54, 1.807) is 0 Å². The molecule has 0 bridgehead atoms. The smallest absolute Gasteiger partial charge is 0.0274 e. The highest BCUT2D eigenvalue weighted by atomic mass is 32.2. The Kier molecular flexibility index (Phi) is 3.68. The Balaban J connectivity index is 1.65. The summed E-state index contributed by atoms with van der Waals surface area (Å²) in [5.74, 6) is 6.48. The summed E-state index contributed by atoms with van der Waals surface area (Å²) < 4.78 is 0. The predicted octanol–water partition coefficient (Wildman–Crippen LogP) is 5.70. The maximum absolute atomic E-state index is 3.26. The second-order valence-corrected chi connectivity index (χ2v) is 7.10. The van der Waals surface area contributed by atoms with Crippen LogP contribution in [0.25, 0.3) is 0 Å². The van der Waals surface area contributed by atoms with Crippen molar-refractivity contribution in [2.75, 3.05) is 0 Å². The maximum atomic E-state index is 3.26. The number of fused-ring (bicyclic) bond motifs is 2. The molecule has 22 heavy (non-hydrogen) atoms. The first-order chi connectivity index (χ1) is 10.9. The Labute approximate surface area is 139 Å². The van der Waals surface area contributed by atoms with E-state index in [9.17, 15) is 0 Å². The topological polar surface area (TPSA) is 0 Å². The monoisotopic (exact) mass is 316 g/mol. The molecule has 0 radical (unpaired) electrons. The van der Waals surface area contributed by atoms with Crippen LogP contribution in [0.4, 0.5) is 0 Å². The van der Waals surface area contributed by atoms with Crippen LogP contribution in [0.15, 0.2) is 92.4 Å². The Bertz CT molecular complexity index is 886. The van der Waals surface area contributed by atoms with Gasteiger partial charge in [0.2, 0.25) is 0 Å². The molecule has 1 heterocycles. The van der Waals surface area contributed by atoms with Gasteiger partial charge in [-0.2, -0.15) is 0 Å². The second-order valence-electron chi connectivity index (χ2n) is 4.93. The molecule has 0 spiro atoms. The van der Waals surface area contributed by atoms with Gasteiger partial charge in [-0.25, -0.2) is 0 Å². The van der Waals surface area contributed by atoms with Crippen LogP contribution in [-0.4, -0.2) is 0 Å². The molecule has 1 aliphatic heterocycles. The van der Waals surface area contributed by atoms with E-state index < -0.39 is 0 Å². The van der Waals surface area contributed by atoms with E-state index in [1.165, 1.54) is 19.6 Å². The summed E-state index contributed by atoms with van der Waals surface area (Å²) in [5, 5.41) is 0. The fraction of sp³-hybridized carbons (Fsp3) is 0. The van der Waals surface area contributed by atoms with Crippen LogP contribution in [-0.2, 0) is 0 Å². The van der Waals surface area contributed by atoms with Gasteiger partial charge < -0.3 is 0 Å². The lowest BCUT2D eigenvalue weighted by Crippen LogP contribution is -1.89. The van der Waals surface area contributed by atoms with Crippen molar-refractivity contribution >= 4 is 23.5 Å². The lowest BCUT2D eigenvalue weighted by Gasteiger charge is -2.17. The first-order valence-corrected chi connectivity index (χ1v) is 8.68. The highest BCUT2D eigenvalue weighted by Crippen LogP contribution is 2.48. The van der Waals surface area contributed by atoms with Gasteiger partial charge in [0, 0.05) is 30.7 Å². The van der Waals surface area contributed by atoms with E-state index in [2.05, 4.69) is 54.3 Å². The lowest BCUT2D eigenvalue weighted by molar-refractivity contribution is 1.15. The third-order valence-electron chi connectivity index (χ3n) is 3.36. The fourth-order valence-corrected chi connectivity index (χ4v) is 4.53. The molecule has 104 valence electrons. The molecule has 0 saturated heterocycles. The van der Waals surface area contributed by atoms with Gasteiger partial charge in [0.25, 0.3) is 0 Å². The summed E-state index contributed by atoms with van der Waals surface area (Å²) in [6.07, 6.45) is 0. The van der Waals surface area contributed by atoms with Crippen LogP contribution < -0.4 is 0 Å². The van der Waals surface area contributed by atoms with E-state index in [0.29, 0.717) is 0 Å². The molecule has 1 aliphatic rings. The lowest BCUT2D eigenvalue weighted by atomic mass is 10.2. The minimum absolute atomic E-state index is 1.05. The Hall–Kier alpha value is -2.08. The van der Waals surface area contributed by atoms with E-state index in [1.807, 2.05) is 53.9 Å². The van der Waals surface area contributed by atoms with Crippen molar-refractivity contribution in [3.05, 3.63) is 83.9 Å². The van der Waals surface area contributed by atoms with Crippen LogP contribution >= 0.6 is 23.5 Å². The van der Waals surface area contributed by atoms with E-state index in [4.69, 9.17) is 0 Å². The molecule has 4 rings (SSSR count). The zero-order chi connectivity index (χ0) is 14.8. The number of hydrogen-bond acceptors (Lipinski definition) is 2. The summed E-state index contributed by atoms with van der Waals surface area (Å²) in [5.41, 5.74) is 2.11.